The van der Waals surface area contributed by atoms with Crippen molar-refractivity contribution in [2.75, 3.05) is 19.6 Å². The lowest BCUT2D eigenvalue weighted by atomic mass is 9.92. The Labute approximate surface area is 136 Å². The summed E-state index contributed by atoms with van der Waals surface area (Å²) in [7, 11) is 0. The highest BCUT2D eigenvalue weighted by Crippen LogP contribution is 2.21. The van der Waals surface area contributed by atoms with Gasteiger partial charge in [-0.3, -0.25) is 9.69 Å². The Morgan fingerprint density at radius 1 is 1.29 bits per heavy atom. The smallest absolute Gasteiger partial charge is 0.234 e. The zero-order valence-electron chi connectivity index (χ0n) is 13.1. The average Bonchev–Trinajstić information content (AvgIpc) is 2.37. The van der Waals surface area contributed by atoms with E-state index in [0.29, 0.717) is 18.4 Å². The van der Waals surface area contributed by atoms with Crippen molar-refractivity contribution >= 4 is 21.8 Å². The number of rotatable bonds is 4. The van der Waals surface area contributed by atoms with Crippen LogP contribution in [-0.4, -0.2) is 30.4 Å². The summed E-state index contributed by atoms with van der Waals surface area (Å²) in [6.45, 7) is 9.14. The number of nitrogens with zero attached hydrogens (tertiary/aromatic N) is 1. The molecule has 0 spiro atoms. The Morgan fingerprint density at radius 2 is 1.86 bits per heavy atom. The number of carbonyl (C=O) groups excluding carboxylic acids is 1. The molecular formula is C17H25BrN2O. The number of amides is 1. The first-order valence-corrected chi connectivity index (χ1v) is 8.50. The molecular weight excluding hydrogens is 328 g/mol. The van der Waals surface area contributed by atoms with Crippen molar-refractivity contribution in [2.45, 2.75) is 33.2 Å². The largest absolute Gasteiger partial charge is 0.348 e. The van der Waals surface area contributed by atoms with Gasteiger partial charge in [0.05, 0.1) is 12.6 Å². The molecule has 0 bridgehead atoms. The molecule has 0 aliphatic carbocycles. The van der Waals surface area contributed by atoms with Crippen molar-refractivity contribution in [3.63, 3.8) is 0 Å². The third kappa shape index (κ3) is 5.11. The van der Waals surface area contributed by atoms with Gasteiger partial charge in [-0.25, -0.2) is 0 Å². The van der Waals surface area contributed by atoms with E-state index in [-0.39, 0.29) is 11.9 Å². The Balaban J connectivity index is 1.85. The number of likely N-dealkylation sites (tertiary alicyclic amines) is 1. The van der Waals surface area contributed by atoms with Gasteiger partial charge in [-0.2, -0.15) is 0 Å². The number of carbonyl (C=O) groups is 1. The van der Waals surface area contributed by atoms with Crippen LogP contribution in [0.4, 0.5) is 0 Å². The van der Waals surface area contributed by atoms with E-state index >= 15 is 0 Å². The van der Waals surface area contributed by atoms with Gasteiger partial charge >= 0.3 is 0 Å². The lowest BCUT2D eigenvalue weighted by Gasteiger charge is -2.34. The standard InChI is InChI=1S/C17H25BrN2O/c1-12-8-13(2)10-20(9-12)11-17(21)19-14(3)15-4-6-16(18)7-5-15/h4-7,12-14H,8-11H2,1-3H3,(H,19,21)/t12-,13-,14-/m1/s1. The Morgan fingerprint density at radius 3 is 2.43 bits per heavy atom. The fourth-order valence-corrected chi connectivity index (χ4v) is 3.51. The lowest BCUT2D eigenvalue weighted by Crippen LogP contribution is -2.44. The quantitative estimate of drug-likeness (QED) is 0.897. The van der Waals surface area contributed by atoms with E-state index in [1.54, 1.807) is 0 Å². The van der Waals surface area contributed by atoms with Crippen molar-refractivity contribution in [1.29, 1.82) is 0 Å². The molecule has 1 N–H and O–H groups in total. The highest BCUT2D eigenvalue weighted by Gasteiger charge is 2.23. The van der Waals surface area contributed by atoms with E-state index in [1.165, 1.54) is 6.42 Å². The highest BCUT2D eigenvalue weighted by molar-refractivity contribution is 9.10. The molecule has 3 nitrogen and oxygen atoms in total. The molecule has 1 saturated heterocycles. The summed E-state index contributed by atoms with van der Waals surface area (Å²) in [6, 6.07) is 8.14. The maximum Gasteiger partial charge on any atom is 0.234 e. The monoisotopic (exact) mass is 352 g/mol. The van der Waals surface area contributed by atoms with E-state index < -0.39 is 0 Å². The number of hydrogen-bond donors (Lipinski definition) is 1. The van der Waals surface area contributed by atoms with E-state index in [9.17, 15) is 4.79 Å². The average molecular weight is 353 g/mol. The molecule has 116 valence electrons. The SMILES string of the molecule is C[C@@H]1C[C@@H](C)CN(CC(=O)N[C@H](C)c2ccc(Br)cc2)C1. The second-order valence-electron chi connectivity index (χ2n) is 6.48. The Bertz CT molecular complexity index is 464. The maximum atomic E-state index is 12.2. The molecule has 21 heavy (non-hydrogen) atoms. The van der Waals surface area contributed by atoms with Crippen molar-refractivity contribution in [1.82, 2.24) is 10.2 Å². The van der Waals surface area contributed by atoms with Crippen LogP contribution in [0.2, 0.25) is 0 Å². The van der Waals surface area contributed by atoms with Gasteiger partial charge in [0.25, 0.3) is 0 Å². The van der Waals surface area contributed by atoms with E-state index in [1.807, 2.05) is 31.2 Å². The van der Waals surface area contributed by atoms with Gasteiger partial charge in [0.2, 0.25) is 5.91 Å². The van der Waals surface area contributed by atoms with E-state index in [4.69, 9.17) is 0 Å². The number of halogens is 1. The Hall–Kier alpha value is -0.870. The first-order valence-electron chi connectivity index (χ1n) is 7.71. The molecule has 1 fully saturated rings. The molecule has 1 aliphatic rings. The van der Waals surface area contributed by atoms with Crippen molar-refractivity contribution in [2.24, 2.45) is 11.8 Å². The van der Waals surface area contributed by atoms with Crippen LogP contribution in [0.1, 0.15) is 38.8 Å². The van der Waals surface area contributed by atoms with Gasteiger partial charge in [0.1, 0.15) is 0 Å². The number of benzene rings is 1. The van der Waals surface area contributed by atoms with Gasteiger partial charge in [-0.1, -0.05) is 41.9 Å². The molecule has 3 atom stereocenters. The summed E-state index contributed by atoms with van der Waals surface area (Å²) in [6.07, 6.45) is 1.27. The lowest BCUT2D eigenvalue weighted by molar-refractivity contribution is -0.123. The molecule has 1 aromatic rings. The molecule has 0 aromatic heterocycles. The van der Waals surface area contributed by atoms with Crippen molar-refractivity contribution in [3.05, 3.63) is 34.3 Å². The van der Waals surface area contributed by atoms with Crippen LogP contribution in [0.25, 0.3) is 0 Å². The maximum absolute atomic E-state index is 12.2. The van der Waals surface area contributed by atoms with Crippen molar-refractivity contribution < 1.29 is 4.79 Å². The zero-order valence-corrected chi connectivity index (χ0v) is 14.7. The summed E-state index contributed by atoms with van der Waals surface area (Å²) in [5, 5.41) is 3.10. The molecule has 4 heteroatoms. The second-order valence-corrected chi connectivity index (χ2v) is 7.40. The minimum Gasteiger partial charge on any atom is -0.348 e. The molecule has 2 rings (SSSR count). The van der Waals surface area contributed by atoms with Crippen LogP contribution in [0.5, 0.6) is 0 Å². The van der Waals surface area contributed by atoms with Crippen LogP contribution < -0.4 is 5.32 Å². The normalized spacial score (nSPS) is 24.6. The predicted octanol–water partition coefficient (Wildman–Crippen LogP) is 3.60. The van der Waals surface area contributed by atoms with E-state index in [0.717, 1.165) is 23.1 Å². The first-order chi connectivity index (χ1) is 9.94. The van der Waals surface area contributed by atoms with Gasteiger partial charge < -0.3 is 5.32 Å². The van der Waals surface area contributed by atoms with Crippen LogP contribution in [0, 0.1) is 11.8 Å². The van der Waals surface area contributed by atoms with Crippen LogP contribution in [0.3, 0.4) is 0 Å². The first kappa shape index (κ1) is 16.5. The van der Waals surface area contributed by atoms with Crippen molar-refractivity contribution in [3.8, 4) is 0 Å². The van der Waals surface area contributed by atoms with Crippen LogP contribution >= 0.6 is 15.9 Å². The van der Waals surface area contributed by atoms with Gasteiger partial charge in [0, 0.05) is 17.6 Å². The number of hydrogen-bond acceptors (Lipinski definition) is 2. The van der Waals surface area contributed by atoms with Gasteiger partial charge in [-0.05, 0) is 42.9 Å². The highest BCUT2D eigenvalue weighted by atomic mass is 79.9. The number of piperidine rings is 1. The molecule has 1 heterocycles. The molecule has 0 radical (unpaired) electrons. The van der Waals surface area contributed by atoms with Gasteiger partial charge in [0.15, 0.2) is 0 Å². The summed E-state index contributed by atoms with van der Waals surface area (Å²) in [5.41, 5.74) is 1.13. The van der Waals surface area contributed by atoms with Crippen LogP contribution in [0.15, 0.2) is 28.7 Å². The molecule has 0 unspecified atom stereocenters. The molecule has 1 aromatic carbocycles. The Kier molecular flexibility index (Phi) is 5.82. The topological polar surface area (TPSA) is 32.3 Å². The zero-order chi connectivity index (χ0) is 15.4. The third-order valence-electron chi connectivity index (χ3n) is 4.06. The molecule has 0 saturated carbocycles. The van der Waals surface area contributed by atoms with Crippen LogP contribution in [-0.2, 0) is 4.79 Å². The summed E-state index contributed by atoms with van der Waals surface area (Å²) in [5.74, 6) is 1.49. The number of nitrogens with one attached hydrogen (secondary N) is 1. The predicted molar refractivity (Wildman–Crippen MR) is 90.1 cm³/mol. The van der Waals surface area contributed by atoms with Gasteiger partial charge in [-0.15, -0.1) is 0 Å². The second kappa shape index (κ2) is 7.41. The third-order valence-corrected chi connectivity index (χ3v) is 4.59. The summed E-state index contributed by atoms with van der Waals surface area (Å²) >= 11 is 3.43. The molecule has 1 aliphatic heterocycles. The summed E-state index contributed by atoms with van der Waals surface area (Å²) in [4.78, 5) is 14.5. The van der Waals surface area contributed by atoms with E-state index in [2.05, 4.69) is 40.0 Å². The fourth-order valence-electron chi connectivity index (χ4n) is 3.25. The minimum atomic E-state index is 0.0465. The molecule has 1 amide bonds. The fraction of sp³-hybridized carbons (Fsp3) is 0.588. The minimum absolute atomic E-state index is 0.0465. The summed E-state index contributed by atoms with van der Waals surface area (Å²) < 4.78 is 1.06.